The lowest BCUT2D eigenvalue weighted by Crippen LogP contribution is -1.90. The maximum absolute atomic E-state index is 4.58. The normalized spacial score (nSPS) is 11.1. The van der Waals surface area contributed by atoms with Crippen LogP contribution in [-0.2, 0) is 6.42 Å². The van der Waals surface area contributed by atoms with Gasteiger partial charge in [-0.15, -0.1) is 0 Å². The number of hydrogen-bond donors (Lipinski definition) is 0. The second-order valence-electron chi connectivity index (χ2n) is 4.58. The van der Waals surface area contributed by atoms with Crippen LogP contribution in [0.1, 0.15) is 22.4 Å². The molecule has 1 aromatic carbocycles. The number of nitrogens with zero attached hydrogens (tertiary/aromatic N) is 2. The topological polar surface area (TPSA) is 25.2 Å². The fourth-order valence-electron chi connectivity index (χ4n) is 2.13. The number of benzene rings is 1. The number of aryl methyl sites for hydroxylation is 3. The Morgan fingerprint density at radius 2 is 1.83 bits per heavy atom. The molecule has 0 aliphatic heterocycles. The standard InChI is InChI=1S/C16H18N2/c1-12-10-13(2)16(14(3)11-12)18-9-7-15-6-4-5-8-17-15/h4-6,8-11H,7H2,1-3H3. The second-order valence-corrected chi connectivity index (χ2v) is 4.58. The summed E-state index contributed by atoms with van der Waals surface area (Å²) in [6, 6.07) is 10.3. The number of aromatic nitrogens is 1. The summed E-state index contributed by atoms with van der Waals surface area (Å²) >= 11 is 0. The first-order valence-corrected chi connectivity index (χ1v) is 6.17. The zero-order chi connectivity index (χ0) is 13.0. The molecule has 1 heterocycles. The average Bonchev–Trinajstić information content (AvgIpc) is 2.34. The molecule has 0 fully saturated rings. The van der Waals surface area contributed by atoms with E-state index in [0.717, 1.165) is 17.8 Å². The lowest BCUT2D eigenvalue weighted by atomic mass is 10.1. The van der Waals surface area contributed by atoms with E-state index in [1.54, 1.807) is 0 Å². The lowest BCUT2D eigenvalue weighted by Gasteiger charge is -2.06. The predicted molar refractivity (Wildman–Crippen MR) is 76.7 cm³/mol. The number of aliphatic imine (C=N–C) groups is 1. The van der Waals surface area contributed by atoms with Crippen LogP contribution in [0.2, 0.25) is 0 Å². The summed E-state index contributed by atoms with van der Waals surface area (Å²) in [7, 11) is 0. The molecule has 0 aliphatic rings. The molecule has 18 heavy (non-hydrogen) atoms. The van der Waals surface area contributed by atoms with E-state index < -0.39 is 0 Å². The van der Waals surface area contributed by atoms with Gasteiger partial charge in [-0.25, -0.2) is 0 Å². The minimum absolute atomic E-state index is 0.771. The van der Waals surface area contributed by atoms with E-state index in [0.29, 0.717) is 0 Å². The summed E-state index contributed by atoms with van der Waals surface area (Å²) in [5.74, 6) is 0. The highest BCUT2D eigenvalue weighted by Crippen LogP contribution is 2.24. The van der Waals surface area contributed by atoms with Crippen LogP contribution in [0.25, 0.3) is 0 Å². The van der Waals surface area contributed by atoms with Crippen molar-refractivity contribution in [2.75, 3.05) is 0 Å². The van der Waals surface area contributed by atoms with Gasteiger partial charge in [0.15, 0.2) is 0 Å². The molecule has 0 aliphatic carbocycles. The van der Waals surface area contributed by atoms with Crippen molar-refractivity contribution in [1.82, 2.24) is 4.98 Å². The first kappa shape index (κ1) is 12.5. The van der Waals surface area contributed by atoms with Gasteiger partial charge in [0.1, 0.15) is 0 Å². The predicted octanol–water partition coefficient (Wildman–Crippen LogP) is 3.95. The zero-order valence-electron chi connectivity index (χ0n) is 11.1. The highest BCUT2D eigenvalue weighted by Gasteiger charge is 2.01. The Morgan fingerprint density at radius 3 is 2.44 bits per heavy atom. The third kappa shape index (κ3) is 3.04. The van der Waals surface area contributed by atoms with Gasteiger partial charge in [0, 0.05) is 24.5 Å². The van der Waals surface area contributed by atoms with Crippen molar-refractivity contribution in [3.05, 3.63) is 58.9 Å². The molecule has 0 bridgehead atoms. The van der Waals surface area contributed by atoms with E-state index in [1.807, 2.05) is 30.6 Å². The molecule has 2 aromatic rings. The first-order chi connectivity index (χ1) is 8.66. The van der Waals surface area contributed by atoms with E-state index in [4.69, 9.17) is 0 Å². The smallest absolute Gasteiger partial charge is 0.0684 e. The monoisotopic (exact) mass is 238 g/mol. The van der Waals surface area contributed by atoms with Gasteiger partial charge in [0.2, 0.25) is 0 Å². The molecule has 0 saturated heterocycles. The minimum Gasteiger partial charge on any atom is -0.261 e. The maximum Gasteiger partial charge on any atom is 0.0684 e. The Labute approximate surface area is 108 Å². The number of rotatable bonds is 3. The van der Waals surface area contributed by atoms with Crippen LogP contribution in [0.15, 0.2) is 41.5 Å². The molecular formula is C16H18N2. The van der Waals surface area contributed by atoms with Gasteiger partial charge in [-0.2, -0.15) is 0 Å². The molecule has 2 rings (SSSR count). The van der Waals surface area contributed by atoms with Gasteiger partial charge >= 0.3 is 0 Å². The summed E-state index contributed by atoms with van der Waals surface area (Å²) in [5, 5.41) is 0. The van der Waals surface area contributed by atoms with Gasteiger partial charge in [0.05, 0.1) is 5.69 Å². The molecule has 0 spiro atoms. The van der Waals surface area contributed by atoms with E-state index in [2.05, 4.69) is 42.9 Å². The van der Waals surface area contributed by atoms with Crippen LogP contribution in [0, 0.1) is 20.8 Å². The van der Waals surface area contributed by atoms with Crippen LogP contribution >= 0.6 is 0 Å². The number of pyridine rings is 1. The van der Waals surface area contributed by atoms with Crippen LogP contribution in [0.4, 0.5) is 5.69 Å². The van der Waals surface area contributed by atoms with E-state index in [9.17, 15) is 0 Å². The zero-order valence-corrected chi connectivity index (χ0v) is 11.1. The molecule has 0 N–H and O–H groups in total. The SMILES string of the molecule is Cc1cc(C)c(N=CCc2ccccn2)c(C)c1. The molecule has 0 atom stereocenters. The van der Waals surface area contributed by atoms with Gasteiger partial charge in [-0.05, 0) is 44.0 Å². The Kier molecular flexibility index (Phi) is 3.88. The fourth-order valence-corrected chi connectivity index (χ4v) is 2.13. The summed E-state index contributed by atoms with van der Waals surface area (Å²) < 4.78 is 0. The maximum atomic E-state index is 4.58. The lowest BCUT2D eigenvalue weighted by molar-refractivity contribution is 1.15. The average molecular weight is 238 g/mol. The van der Waals surface area contributed by atoms with E-state index >= 15 is 0 Å². The van der Waals surface area contributed by atoms with Crippen molar-refractivity contribution < 1.29 is 0 Å². The molecule has 2 heteroatoms. The Hall–Kier alpha value is -1.96. The minimum atomic E-state index is 0.771. The van der Waals surface area contributed by atoms with Crippen LogP contribution in [-0.4, -0.2) is 11.2 Å². The summed E-state index contributed by atoms with van der Waals surface area (Å²) in [4.78, 5) is 8.85. The Bertz CT molecular complexity index is 534. The van der Waals surface area contributed by atoms with Crippen molar-refractivity contribution in [3.63, 3.8) is 0 Å². The molecule has 0 unspecified atom stereocenters. The van der Waals surface area contributed by atoms with Crippen LogP contribution < -0.4 is 0 Å². The van der Waals surface area contributed by atoms with Crippen molar-refractivity contribution in [1.29, 1.82) is 0 Å². The van der Waals surface area contributed by atoms with E-state index in [1.165, 1.54) is 16.7 Å². The molecule has 92 valence electrons. The van der Waals surface area contributed by atoms with Crippen molar-refractivity contribution >= 4 is 11.9 Å². The van der Waals surface area contributed by atoms with Crippen LogP contribution in [0.3, 0.4) is 0 Å². The summed E-state index contributed by atoms with van der Waals surface area (Å²) in [5.41, 5.74) is 5.86. The largest absolute Gasteiger partial charge is 0.261 e. The van der Waals surface area contributed by atoms with Crippen LogP contribution in [0.5, 0.6) is 0 Å². The van der Waals surface area contributed by atoms with Crippen molar-refractivity contribution in [2.45, 2.75) is 27.2 Å². The van der Waals surface area contributed by atoms with Crippen molar-refractivity contribution in [2.24, 2.45) is 4.99 Å². The third-order valence-corrected chi connectivity index (χ3v) is 2.88. The molecule has 0 amide bonds. The molecular weight excluding hydrogens is 220 g/mol. The highest BCUT2D eigenvalue weighted by molar-refractivity contribution is 5.68. The second kappa shape index (κ2) is 5.58. The molecule has 2 nitrogen and oxygen atoms in total. The molecule has 1 aromatic heterocycles. The number of hydrogen-bond acceptors (Lipinski definition) is 2. The summed E-state index contributed by atoms with van der Waals surface area (Å²) in [6.45, 7) is 6.32. The molecule has 0 saturated carbocycles. The fraction of sp³-hybridized carbons (Fsp3) is 0.250. The highest BCUT2D eigenvalue weighted by atomic mass is 14.7. The third-order valence-electron chi connectivity index (χ3n) is 2.88. The van der Waals surface area contributed by atoms with Gasteiger partial charge < -0.3 is 0 Å². The molecule has 0 radical (unpaired) electrons. The van der Waals surface area contributed by atoms with Crippen molar-refractivity contribution in [3.8, 4) is 0 Å². The first-order valence-electron chi connectivity index (χ1n) is 6.17. The van der Waals surface area contributed by atoms with Gasteiger partial charge in [-0.1, -0.05) is 23.8 Å². The van der Waals surface area contributed by atoms with Gasteiger partial charge in [-0.3, -0.25) is 9.98 Å². The summed E-state index contributed by atoms with van der Waals surface area (Å²) in [6.07, 6.45) is 4.52. The Morgan fingerprint density at radius 1 is 1.11 bits per heavy atom. The van der Waals surface area contributed by atoms with E-state index in [-0.39, 0.29) is 0 Å². The Balaban J connectivity index is 2.15. The quantitative estimate of drug-likeness (QED) is 0.743. The van der Waals surface area contributed by atoms with Gasteiger partial charge in [0.25, 0.3) is 0 Å².